The molecule has 1 heterocycles. The zero-order chi connectivity index (χ0) is 20.8. The molecule has 0 saturated heterocycles. The van der Waals surface area contributed by atoms with Crippen LogP contribution in [0.15, 0.2) is 48.5 Å². The SMILES string of the molecule is COc1ccc(OC)c(NC(=O)c2cc(Nc3ccc(C#N)cc3)nc(C)n2)c1. The Kier molecular flexibility index (Phi) is 5.90. The molecule has 0 fully saturated rings. The summed E-state index contributed by atoms with van der Waals surface area (Å²) in [5, 5.41) is 14.8. The molecule has 2 N–H and O–H groups in total. The van der Waals surface area contributed by atoms with Crippen LogP contribution in [0.25, 0.3) is 0 Å². The van der Waals surface area contributed by atoms with Crippen LogP contribution >= 0.6 is 0 Å². The Labute approximate surface area is 168 Å². The largest absolute Gasteiger partial charge is 0.497 e. The second-order valence-corrected chi connectivity index (χ2v) is 6.02. The zero-order valence-electron chi connectivity index (χ0n) is 16.2. The zero-order valence-corrected chi connectivity index (χ0v) is 16.2. The van der Waals surface area contributed by atoms with E-state index in [1.54, 1.807) is 62.6 Å². The number of benzene rings is 2. The van der Waals surface area contributed by atoms with Gasteiger partial charge >= 0.3 is 0 Å². The van der Waals surface area contributed by atoms with Crippen LogP contribution in [-0.2, 0) is 0 Å². The van der Waals surface area contributed by atoms with Gasteiger partial charge in [-0.05, 0) is 43.3 Å². The molecular weight excluding hydrogens is 370 g/mol. The van der Waals surface area contributed by atoms with Gasteiger partial charge in [0.1, 0.15) is 28.8 Å². The number of carbonyl (C=O) groups is 1. The number of aromatic nitrogens is 2. The lowest BCUT2D eigenvalue weighted by molar-refractivity contribution is 0.102. The fraction of sp³-hybridized carbons (Fsp3) is 0.143. The summed E-state index contributed by atoms with van der Waals surface area (Å²) in [6.07, 6.45) is 0. The highest BCUT2D eigenvalue weighted by atomic mass is 16.5. The number of aryl methyl sites for hydroxylation is 1. The lowest BCUT2D eigenvalue weighted by atomic mass is 10.2. The minimum Gasteiger partial charge on any atom is -0.497 e. The van der Waals surface area contributed by atoms with Crippen LogP contribution in [0.1, 0.15) is 21.9 Å². The molecular formula is C21H19N5O3. The monoisotopic (exact) mass is 389 g/mol. The van der Waals surface area contributed by atoms with E-state index in [0.717, 1.165) is 5.69 Å². The minimum absolute atomic E-state index is 0.193. The fourth-order valence-electron chi connectivity index (χ4n) is 2.62. The highest BCUT2D eigenvalue weighted by Gasteiger charge is 2.14. The molecule has 0 aliphatic heterocycles. The minimum atomic E-state index is -0.412. The van der Waals surface area contributed by atoms with Crippen LogP contribution < -0.4 is 20.1 Å². The van der Waals surface area contributed by atoms with Gasteiger partial charge in [-0.25, -0.2) is 9.97 Å². The Morgan fingerprint density at radius 1 is 1.03 bits per heavy atom. The summed E-state index contributed by atoms with van der Waals surface area (Å²) in [7, 11) is 3.06. The van der Waals surface area contributed by atoms with Crippen molar-refractivity contribution in [3.05, 3.63) is 65.6 Å². The molecule has 2 aromatic carbocycles. The number of nitriles is 1. The molecule has 8 nitrogen and oxygen atoms in total. The number of ether oxygens (including phenoxy) is 2. The molecule has 1 aromatic heterocycles. The van der Waals surface area contributed by atoms with Crippen molar-refractivity contribution in [3.63, 3.8) is 0 Å². The second kappa shape index (κ2) is 8.71. The van der Waals surface area contributed by atoms with Crippen molar-refractivity contribution in [2.75, 3.05) is 24.9 Å². The van der Waals surface area contributed by atoms with Gasteiger partial charge < -0.3 is 20.1 Å². The average molecular weight is 389 g/mol. The number of carbonyl (C=O) groups excluding carboxylic acids is 1. The summed E-state index contributed by atoms with van der Waals surface area (Å²) in [4.78, 5) is 21.3. The molecule has 146 valence electrons. The number of rotatable bonds is 6. The summed E-state index contributed by atoms with van der Waals surface area (Å²) in [6, 6.07) is 15.6. The number of nitrogens with zero attached hydrogens (tertiary/aromatic N) is 3. The van der Waals surface area contributed by atoms with Crippen LogP contribution in [0, 0.1) is 18.3 Å². The number of hydrogen-bond donors (Lipinski definition) is 2. The van der Waals surface area contributed by atoms with Crippen molar-refractivity contribution < 1.29 is 14.3 Å². The smallest absolute Gasteiger partial charge is 0.274 e. The predicted octanol–water partition coefficient (Wildman–Crippen LogP) is 3.67. The third kappa shape index (κ3) is 4.78. The van der Waals surface area contributed by atoms with Crippen molar-refractivity contribution in [1.82, 2.24) is 9.97 Å². The molecule has 3 rings (SSSR count). The number of anilines is 3. The first kappa shape index (κ1) is 19.6. The third-order valence-corrected chi connectivity index (χ3v) is 4.01. The number of hydrogen-bond acceptors (Lipinski definition) is 7. The van der Waals surface area contributed by atoms with Crippen LogP contribution in [0.3, 0.4) is 0 Å². The molecule has 0 unspecified atom stereocenters. The van der Waals surface area contributed by atoms with Gasteiger partial charge in [0.25, 0.3) is 5.91 Å². The van der Waals surface area contributed by atoms with Crippen LogP contribution in [0.4, 0.5) is 17.2 Å². The Morgan fingerprint density at radius 3 is 2.45 bits per heavy atom. The van der Waals surface area contributed by atoms with E-state index in [9.17, 15) is 4.79 Å². The first-order valence-electron chi connectivity index (χ1n) is 8.68. The Hall–Kier alpha value is -4.12. The molecule has 1 amide bonds. The standard InChI is InChI=1S/C21H19N5O3/c1-13-23-18(11-20(24-13)25-15-6-4-14(12-22)5-7-15)21(27)26-17-10-16(28-2)8-9-19(17)29-3/h4-11H,1-3H3,(H,26,27)(H,23,24,25). The summed E-state index contributed by atoms with van der Waals surface area (Å²) in [5.74, 6) is 1.57. The molecule has 3 aromatic rings. The van der Waals surface area contributed by atoms with Crippen LogP contribution in [-0.4, -0.2) is 30.1 Å². The highest BCUT2D eigenvalue weighted by Crippen LogP contribution is 2.29. The van der Waals surface area contributed by atoms with E-state index in [-0.39, 0.29) is 5.69 Å². The Bertz CT molecular complexity index is 1070. The number of nitrogens with one attached hydrogen (secondary N) is 2. The average Bonchev–Trinajstić information content (AvgIpc) is 2.73. The Morgan fingerprint density at radius 2 is 1.79 bits per heavy atom. The molecule has 0 atom stereocenters. The molecule has 8 heteroatoms. The van der Waals surface area contributed by atoms with Gasteiger partial charge in [0.2, 0.25) is 0 Å². The number of methoxy groups -OCH3 is 2. The normalized spacial score (nSPS) is 10.0. The van der Waals surface area contributed by atoms with Crippen molar-refractivity contribution >= 4 is 23.1 Å². The number of amides is 1. The quantitative estimate of drug-likeness (QED) is 0.662. The molecule has 0 aliphatic carbocycles. The van der Waals surface area contributed by atoms with Crippen molar-refractivity contribution in [1.29, 1.82) is 5.26 Å². The van der Waals surface area contributed by atoms with E-state index >= 15 is 0 Å². The maximum atomic E-state index is 12.8. The van der Waals surface area contributed by atoms with E-state index in [1.807, 2.05) is 0 Å². The van der Waals surface area contributed by atoms with E-state index in [2.05, 4.69) is 26.7 Å². The third-order valence-electron chi connectivity index (χ3n) is 4.01. The maximum absolute atomic E-state index is 12.8. The molecule has 29 heavy (non-hydrogen) atoms. The van der Waals surface area contributed by atoms with Gasteiger partial charge in [-0.15, -0.1) is 0 Å². The van der Waals surface area contributed by atoms with Gasteiger partial charge in [0.05, 0.1) is 31.5 Å². The van der Waals surface area contributed by atoms with Crippen molar-refractivity contribution in [2.24, 2.45) is 0 Å². The van der Waals surface area contributed by atoms with Crippen molar-refractivity contribution in [2.45, 2.75) is 6.92 Å². The maximum Gasteiger partial charge on any atom is 0.274 e. The first-order chi connectivity index (χ1) is 14.0. The van der Waals surface area contributed by atoms with Gasteiger partial charge in [-0.3, -0.25) is 4.79 Å². The van der Waals surface area contributed by atoms with Crippen molar-refractivity contribution in [3.8, 4) is 17.6 Å². The summed E-state index contributed by atoms with van der Waals surface area (Å²) in [5.41, 5.74) is 1.96. The molecule has 0 spiro atoms. The Balaban J connectivity index is 1.83. The predicted molar refractivity (Wildman–Crippen MR) is 109 cm³/mol. The fourth-order valence-corrected chi connectivity index (χ4v) is 2.62. The van der Waals surface area contributed by atoms with Crippen LogP contribution in [0.5, 0.6) is 11.5 Å². The van der Waals surface area contributed by atoms with E-state index in [4.69, 9.17) is 14.7 Å². The highest BCUT2D eigenvalue weighted by molar-refractivity contribution is 6.04. The van der Waals surface area contributed by atoms with Crippen LogP contribution in [0.2, 0.25) is 0 Å². The summed E-state index contributed by atoms with van der Waals surface area (Å²) < 4.78 is 10.5. The van der Waals surface area contributed by atoms with E-state index < -0.39 is 5.91 Å². The molecule has 0 saturated carbocycles. The van der Waals surface area contributed by atoms with Gasteiger partial charge in [0, 0.05) is 17.8 Å². The molecule has 0 aliphatic rings. The second-order valence-electron chi connectivity index (χ2n) is 6.02. The topological polar surface area (TPSA) is 109 Å². The van der Waals surface area contributed by atoms with E-state index in [1.165, 1.54) is 7.11 Å². The lowest BCUT2D eigenvalue weighted by Crippen LogP contribution is -2.16. The summed E-state index contributed by atoms with van der Waals surface area (Å²) >= 11 is 0. The molecule has 0 radical (unpaired) electrons. The first-order valence-corrected chi connectivity index (χ1v) is 8.68. The van der Waals surface area contributed by atoms with Gasteiger partial charge in [-0.2, -0.15) is 5.26 Å². The van der Waals surface area contributed by atoms with Gasteiger partial charge in [0.15, 0.2) is 0 Å². The van der Waals surface area contributed by atoms with E-state index in [0.29, 0.717) is 34.4 Å². The lowest BCUT2D eigenvalue weighted by Gasteiger charge is -2.12. The van der Waals surface area contributed by atoms with Gasteiger partial charge in [-0.1, -0.05) is 0 Å². The summed E-state index contributed by atoms with van der Waals surface area (Å²) in [6.45, 7) is 1.70. The molecule has 0 bridgehead atoms.